The van der Waals surface area contributed by atoms with Gasteiger partial charge in [-0.05, 0) is 37.0 Å². The fourth-order valence-electron chi connectivity index (χ4n) is 4.51. The Bertz CT molecular complexity index is 654. The predicted molar refractivity (Wildman–Crippen MR) is 94.3 cm³/mol. The minimum Gasteiger partial charge on any atom is -0.481 e. The highest BCUT2D eigenvalue weighted by molar-refractivity contribution is 5.89. The summed E-state index contributed by atoms with van der Waals surface area (Å²) in [7, 11) is 1.59. The van der Waals surface area contributed by atoms with E-state index in [2.05, 4.69) is 0 Å². The van der Waals surface area contributed by atoms with E-state index in [9.17, 15) is 19.1 Å². The normalized spacial score (nSPS) is 25.2. The summed E-state index contributed by atoms with van der Waals surface area (Å²) in [6.45, 7) is 0.413. The summed E-state index contributed by atoms with van der Waals surface area (Å²) < 4.78 is 18.8. The van der Waals surface area contributed by atoms with Gasteiger partial charge in [0.15, 0.2) is 0 Å². The Kier molecular flexibility index (Phi) is 5.61. The van der Waals surface area contributed by atoms with E-state index in [1.54, 1.807) is 24.1 Å². The lowest BCUT2D eigenvalue weighted by atomic mass is 9.68. The van der Waals surface area contributed by atoms with Gasteiger partial charge in [-0.25, -0.2) is 4.39 Å². The minimum absolute atomic E-state index is 0.0328. The van der Waals surface area contributed by atoms with Crippen LogP contribution in [0.3, 0.4) is 0 Å². The molecule has 1 N–H and O–H groups in total. The van der Waals surface area contributed by atoms with Gasteiger partial charge >= 0.3 is 5.97 Å². The second-order valence-electron chi connectivity index (χ2n) is 7.45. The van der Waals surface area contributed by atoms with Gasteiger partial charge in [0.05, 0.1) is 17.9 Å². The summed E-state index contributed by atoms with van der Waals surface area (Å²) in [6, 6.07) is 5.85. The molecule has 3 rings (SSSR count). The lowest BCUT2D eigenvalue weighted by Gasteiger charge is -2.40. The number of hydrogen-bond donors (Lipinski definition) is 1. The van der Waals surface area contributed by atoms with Crippen LogP contribution in [0.25, 0.3) is 0 Å². The van der Waals surface area contributed by atoms with Crippen LogP contribution in [0.1, 0.15) is 50.5 Å². The fraction of sp³-hybridized carbons (Fsp3) is 0.600. The molecule has 2 fully saturated rings. The number of hydrogen-bond acceptors (Lipinski definition) is 3. The van der Waals surface area contributed by atoms with Crippen molar-refractivity contribution in [2.75, 3.05) is 13.7 Å². The number of carbonyl (C=O) groups is 2. The number of rotatable bonds is 5. The maximum atomic E-state index is 13.6. The van der Waals surface area contributed by atoms with Crippen molar-refractivity contribution in [3.63, 3.8) is 0 Å². The first-order valence-electron chi connectivity index (χ1n) is 9.28. The van der Waals surface area contributed by atoms with Gasteiger partial charge < -0.3 is 14.7 Å². The third-order valence-electron chi connectivity index (χ3n) is 5.89. The predicted octanol–water partition coefficient (Wildman–Crippen LogP) is 3.12. The Hall–Kier alpha value is -1.95. The molecule has 1 aliphatic heterocycles. The second-order valence-corrected chi connectivity index (χ2v) is 7.45. The molecule has 5 nitrogen and oxygen atoms in total. The summed E-state index contributed by atoms with van der Waals surface area (Å²) in [5.74, 6) is -1.27. The lowest BCUT2D eigenvalue weighted by molar-refractivity contribution is -0.143. The Labute approximate surface area is 153 Å². The van der Waals surface area contributed by atoms with Gasteiger partial charge in [-0.1, -0.05) is 31.4 Å². The standard InChI is InChI=1S/C20H26FNO4/c1-26-17-11-16(12-18(23)24)22(13-17)19(25)20(9-3-2-4-10-20)14-5-7-15(21)8-6-14/h5-8,16-17H,2-4,9-13H2,1H3,(H,23,24). The number of methoxy groups -OCH3 is 1. The maximum Gasteiger partial charge on any atom is 0.305 e. The van der Waals surface area contributed by atoms with Crippen molar-refractivity contribution in [2.45, 2.75) is 62.5 Å². The van der Waals surface area contributed by atoms with Gasteiger partial charge in [0.1, 0.15) is 5.82 Å². The highest BCUT2D eigenvalue weighted by Gasteiger charge is 2.48. The van der Waals surface area contributed by atoms with Crippen molar-refractivity contribution in [2.24, 2.45) is 0 Å². The molecule has 1 saturated heterocycles. The first kappa shape index (κ1) is 18.8. The zero-order valence-electron chi connectivity index (χ0n) is 15.1. The van der Waals surface area contributed by atoms with Gasteiger partial charge in [0.25, 0.3) is 0 Å². The molecule has 2 atom stereocenters. The zero-order valence-corrected chi connectivity index (χ0v) is 15.1. The van der Waals surface area contributed by atoms with Crippen LogP contribution in [-0.2, 0) is 19.7 Å². The fourth-order valence-corrected chi connectivity index (χ4v) is 4.51. The van der Waals surface area contributed by atoms with E-state index in [0.29, 0.717) is 25.8 Å². The number of ether oxygens (including phenoxy) is 1. The number of halogens is 1. The first-order valence-corrected chi connectivity index (χ1v) is 9.28. The van der Waals surface area contributed by atoms with Crippen LogP contribution in [0.2, 0.25) is 0 Å². The quantitative estimate of drug-likeness (QED) is 0.873. The van der Waals surface area contributed by atoms with Gasteiger partial charge in [-0.2, -0.15) is 0 Å². The molecular weight excluding hydrogens is 337 g/mol. The van der Waals surface area contributed by atoms with E-state index < -0.39 is 11.4 Å². The molecule has 1 heterocycles. The molecule has 142 valence electrons. The highest BCUT2D eigenvalue weighted by atomic mass is 19.1. The van der Waals surface area contributed by atoms with E-state index in [1.165, 1.54) is 12.1 Å². The van der Waals surface area contributed by atoms with Gasteiger partial charge in [-0.3, -0.25) is 9.59 Å². The smallest absolute Gasteiger partial charge is 0.305 e. The minimum atomic E-state index is -0.913. The lowest BCUT2D eigenvalue weighted by Crippen LogP contribution is -2.50. The van der Waals surface area contributed by atoms with Gasteiger partial charge in [0, 0.05) is 19.7 Å². The van der Waals surface area contributed by atoms with Crippen molar-refractivity contribution in [1.82, 2.24) is 4.90 Å². The average molecular weight is 363 g/mol. The number of aliphatic carboxylic acids is 1. The van der Waals surface area contributed by atoms with Crippen LogP contribution in [0.4, 0.5) is 4.39 Å². The molecule has 0 aromatic heterocycles. The summed E-state index contributed by atoms with van der Waals surface area (Å²) in [6.07, 6.45) is 4.70. The number of nitrogens with zero attached hydrogens (tertiary/aromatic N) is 1. The van der Waals surface area contributed by atoms with Crippen LogP contribution in [-0.4, -0.2) is 47.7 Å². The molecule has 1 aromatic rings. The molecule has 0 bridgehead atoms. The number of benzene rings is 1. The van der Waals surface area contributed by atoms with Gasteiger partial charge in [0.2, 0.25) is 5.91 Å². The van der Waals surface area contributed by atoms with E-state index in [4.69, 9.17) is 4.74 Å². The van der Waals surface area contributed by atoms with Crippen molar-refractivity contribution in [1.29, 1.82) is 0 Å². The monoisotopic (exact) mass is 363 g/mol. The van der Waals surface area contributed by atoms with Crippen molar-refractivity contribution in [3.05, 3.63) is 35.6 Å². The van der Waals surface area contributed by atoms with Gasteiger partial charge in [-0.15, -0.1) is 0 Å². The van der Waals surface area contributed by atoms with Crippen LogP contribution < -0.4 is 0 Å². The Morgan fingerprint density at radius 1 is 1.23 bits per heavy atom. The van der Waals surface area contributed by atoms with Crippen molar-refractivity contribution < 1.29 is 23.8 Å². The van der Waals surface area contributed by atoms with E-state index in [0.717, 1.165) is 24.8 Å². The largest absolute Gasteiger partial charge is 0.481 e. The number of amides is 1. The summed E-state index contributed by atoms with van der Waals surface area (Å²) in [4.78, 5) is 26.6. The number of likely N-dealkylation sites (tertiary alicyclic amines) is 1. The molecule has 2 aliphatic rings. The van der Waals surface area contributed by atoms with E-state index in [-0.39, 0.29) is 30.3 Å². The Morgan fingerprint density at radius 3 is 2.46 bits per heavy atom. The Balaban J connectivity index is 1.93. The molecule has 1 aromatic carbocycles. The molecule has 1 amide bonds. The molecule has 0 spiro atoms. The summed E-state index contributed by atoms with van der Waals surface area (Å²) in [5.41, 5.74) is 0.143. The molecular formula is C20H26FNO4. The third-order valence-corrected chi connectivity index (χ3v) is 5.89. The second kappa shape index (κ2) is 7.74. The third kappa shape index (κ3) is 3.61. The molecule has 26 heavy (non-hydrogen) atoms. The van der Waals surface area contributed by atoms with E-state index in [1.807, 2.05) is 0 Å². The number of carboxylic acid groups (broad SMARTS) is 1. The zero-order chi connectivity index (χ0) is 18.7. The Morgan fingerprint density at radius 2 is 1.88 bits per heavy atom. The molecule has 0 radical (unpaired) electrons. The van der Waals surface area contributed by atoms with Crippen LogP contribution in [0, 0.1) is 5.82 Å². The van der Waals surface area contributed by atoms with Crippen LogP contribution in [0.5, 0.6) is 0 Å². The van der Waals surface area contributed by atoms with Crippen LogP contribution in [0.15, 0.2) is 24.3 Å². The SMILES string of the molecule is COC1CC(CC(=O)O)N(C(=O)C2(c3ccc(F)cc3)CCCCC2)C1. The molecule has 6 heteroatoms. The summed E-state index contributed by atoms with van der Waals surface area (Å²) >= 11 is 0. The highest BCUT2D eigenvalue weighted by Crippen LogP contribution is 2.42. The molecule has 2 unspecified atom stereocenters. The molecule has 1 saturated carbocycles. The summed E-state index contributed by atoms with van der Waals surface area (Å²) in [5, 5.41) is 9.23. The van der Waals surface area contributed by atoms with E-state index >= 15 is 0 Å². The van der Waals surface area contributed by atoms with Crippen LogP contribution >= 0.6 is 0 Å². The average Bonchev–Trinajstić information content (AvgIpc) is 3.04. The first-order chi connectivity index (χ1) is 12.5. The molecule has 1 aliphatic carbocycles. The van der Waals surface area contributed by atoms with Crippen molar-refractivity contribution >= 4 is 11.9 Å². The number of carboxylic acids is 1. The van der Waals surface area contributed by atoms with Crippen molar-refractivity contribution in [3.8, 4) is 0 Å². The topological polar surface area (TPSA) is 66.8 Å². The number of carbonyl (C=O) groups excluding carboxylic acids is 1. The maximum absolute atomic E-state index is 13.6.